The molecule has 2 rings (SSSR count). The minimum atomic E-state index is 0.601. The van der Waals surface area contributed by atoms with Gasteiger partial charge < -0.3 is 4.90 Å². The lowest BCUT2D eigenvalue weighted by atomic mass is 10.1. The van der Waals surface area contributed by atoms with Crippen LogP contribution in [-0.4, -0.2) is 35.0 Å². The van der Waals surface area contributed by atoms with E-state index in [0.29, 0.717) is 5.92 Å². The van der Waals surface area contributed by atoms with Gasteiger partial charge >= 0.3 is 0 Å². The first-order valence-corrected chi connectivity index (χ1v) is 4.31. The quantitative estimate of drug-likeness (QED) is 0.616. The third kappa shape index (κ3) is 1.46. The predicted molar refractivity (Wildman–Crippen MR) is 46.9 cm³/mol. The highest BCUT2D eigenvalue weighted by Crippen LogP contribution is 2.23. The predicted octanol–water partition coefficient (Wildman–Crippen LogP) is 0.896. The number of rotatable bonds is 1. The Kier molecular flexibility index (Phi) is 2.04. The molecule has 3 heteroatoms. The van der Waals surface area contributed by atoms with Crippen LogP contribution in [0.2, 0.25) is 0 Å². The fourth-order valence-corrected chi connectivity index (χ4v) is 1.70. The Morgan fingerprint density at radius 3 is 3.00 bits per heavy atom. The smallest absolute Gasteiger partial charge is 0.0630 e. The lowest BCUT2D eigenvalue weighted by Crippen LogP contribution is -2.13. The molecule has 1 saturated heterocycles. The summed E-state index contributed by atoms with van der Waals surface area (Å²) >= 11 is 0. The molecule has 0 spiro atoms. The highest BCUT2D eigenvalue weighted by atomic mass is 15.1. The molecule has 0 aromatic carbocycles. The standard InChI is InChI=1S/C9H13N3/c1-12-5-2-8(7-12)9-6-10-3-4-11-9/h3-4,6,8H,2,5,7H2,1H3. The van der Waals surface area contributed by atoms with Crippen molar-refractivity contribution in [1.29, 1.82) is 0 Å². The molecule has 1 aromatic rings. The highest BCUT2D eigenvalue weighted by Gasteiger charge is 2.21. The van der Waals surface area contributed by atoms with Gasteiger partial charge in [0.25, 0.3) is 0 Å². The minimum absolute atomic E-state index is 0.601. The van der Waals surface area contributed by atoms with Crippen molar-refractivity contribution in [1.82, 2.24) is 14.9 Å². The Bertz CT molecular complexity index is 247. The zero-order valence-corrected chi connectivity index (χ0v) is 7.27. The van der Waals surface area contributed by atoms with Gasteiger partial charge in [-0.05, 0) is 20.0 Å². The van der Waals surface area contributed by atoms with E-state index in [2.05, 4.69) is 21.9 Å². The molecule has 0 radical (unpaired) electrons. The van der Waals surface area contributed by atoms with Crippen molar-refractivity contribution in [2.45, 2.75) is 12.3 Å². The van der Waals surface area contributed by atoms with E-state index < -0.39 is 0 Å². The van der Waals surface area contributed by atoms with Crippen molar-refractivity contribution in [3.05, 3.63) is 24.3 Å². The Hall–Kier alpha value is -0.960. The third-order valence-electron chi connectivity index (χ3n) is 2.39. The maximum Gasteiger partial charge on any atom is 0.0630 e. The molecule has 2 heterocycles. The van der Waals surface area contributed by atoms with Gasteiger partial charge in [0.15, 0.2) is 0 Å². The van der Waals surface area contributed by atoms with Crippen LogP contribution in [0.1, 0.15) is 18.0 Å². The number of hydrogen-bond donors (Lipinski definition) is 0. The lowest BCUT2D eigenvalue weighted by molar-refractivity contribution is 0.410. The zero-order valence-electron chi connectivity index (χ0n) is 7.27. The van der Waals surface area contributed by atoms with Gasteiger partial charge in [-0.3, -0.25) is 9.97 Å². The molecule has 1 aliphatic rings. The molecule has 1 unspecified atom stereocenters. The molecule has 1 atom stereocenters. The highest BCUT2D eigenvalue weighted by molar-refractivity contribution is 5.06. The average molecular weight is 163 g/mol. The molecular formula is C9H13N3. The van der Waals surface area contributed by atoms with E-state index in [1.165, 1.54) is 13.0 Å². The van der Waals surface area contributed by atoms with E-state index in [1.807, 2.05) is 6.20 Å². The number of hydrogen-bond acceptors (Lipinski definition) is 3. The molecule has 1 fully saturated rings. The molecule has 0 N–H and O–H groups in total. The lowest BCUT2D eigenvalue weighted by Gasteiger charge is -2.08. The van der Waals surface area contributed by atoms with Crippen molar-refractivity contribution in [3.8, 4) is 0 Å². The summed E-state index contributed by atoms with van der Waals surface area (Å²) in [6.07, 6.45) is 6.59. The molecule has 0 aliphatic carbocycles. The molecule has 64 valence electrons. The van der Waals surface area contributed by atoms with Crippen molar-refractivity contribution >= 4 is 0 Å². The van der Waals surface area contributed by atoms with Crippen LogP contribution in [0.25, 0.3) is 0 Å². The molecular weight excluding hydrogens is 150 g/mol. The topological polar surface area (TPSA) is 29.0 Å². The van der Waals surface area contributed by atoms with Crippen LogP contribution >= 0.6 is 0 Å². The van der Waals surface area contributed by atoms with Crippen molar-refractivity contribution in [2.24, 2.45) is 0 Å². The normalized spacial score (nSPS) is 24.6. The number of likely N-dealkylation sites (tertiary alicyclic amines) is 1. The monoisotopic (exact) mass is 163 g/mol. The van der Waals surface area contributed by atoms with Gasteiger partial charge in [-0.25, -0.2) is 0 Å². The summed E-state index contributed by atoms with van der Waals surface area (Å²) in [7, 11) is 2.15. The molecule has 0 saturated carbocycles. The first-order chi connectivity index (χ1) is 5.86. The summed E-state index contributed by atoms with van der Waals surface area (Å²) in [6.45, 7) is 2.31. The number of aromatic nitrogens is 2. The van der Waals surface area contributed by atoms with Gasteiger partial charge in [0, 0.05) is 31.1 Å². The Morgan fingerprint density at radius 2 is 2.42 bits per heavy atom. The first-order valence-electron chi connectivity index (χ1n) is 4.31. The van der Waals surface area contributed by atoms with E-state index >= 15 is 0 Å². The van der Waals surface area contributed by atoms with Gasteiger partial charge in [0.1, 0.15) is 0 Å². The Balaban J connectivity index is 2.11. The van der Waals surface area contributed by atoms with E-state index in [4.69, 9.17) is 0 Å². The van der Waals surface area contributed by atoms with E-state index in [1.54, 1.807) is 12.4 Å². The summed E-state index contributed by atoms with van der Waals surface area (Å²) in [5.41, 5.74) is 1.14. The molecule has 0 bridgehead atoms. The van der Waals surface area contributed by atoms with Crippen LogP contribution in [0.5, 0.6) is 0 Å². The Morgan fingerprint density at radius 1 is 1.50 bits per heavy atom. The Labute approximate surface area is 72.4 Å². The van der Waals surface area contributed by atoms with Gasteiger partial charge in [-0.2, -0.15) is 0 Å². The van der Waals surface area contributed by atoms with Crippen LogP contribution in [0, 0.1) is 0 Å². The number of nitrogens with zero attached hydrogens (tertiary/aromatic N) is 3. The summed E-state index contributed by atoms with van der Waals surface area (Å²) < 4.78 is 0. The van der Waals surface area contributed by atoms with Crippen molar-refractivity contribution in [2.75, 3.05) is 20.1 Å². The van der Waals surface area contributed by atoms with Gasteiger partial charge in [-0.1, -0.05) is 0 Å². The third-order valence-corrected chi connectivity index (χ3v) is 2.39. The fourth-order valence-electron chi connectivity index (χ4n) is 1.70. The maximum atomic E-state index is 4.31. The van der Waals surface area contributed by atoms with E-state index in [9.17, 15) is 0 Å². The van der Waals surface area contributed by atoms with Crippen molar-refractivity contribution in [3.63, 3.8) is 0 Å². The maximum absolute atomic E-state index is 4.31. The summed E-state index contributed by atoms with van der Waals surface area (Å²) in [5, 5.41) is 0. The molecule has 1 aromatic heterocycles. The minimum Gasteiger partial charge on any atom is -0.306 e. The second-order valence-electron chi connectivity index (χ2n) is 3.38. The average Bonchev–Trinajstić information content (AvgIpc) is 2.54. The second kappa shape index (κ2) is 3.19. The fraction of sp³-hybridized carbons (Fsp3) is 0.556. The molecule has 3 nitrogen and oxygen atoms in total. The first kappa shape index (κ1) is 7.68. The van der Waals surface area contributed by atoms with Crippen LogP contribution < -0.4 is 0 Å². The summed E-state index contributed by atoms with van der Waals surface area (Å²) in [4.78, 5) is 10.7. The van der Waals surface area contributed by atoms with Gasteiger partial charge in [-0.15, -0.1) is 0 Å². The van der Waals surface area contributed by atoms with Crippen LogP contribution in [-0.2, 0) is 0 Å². The van der Waals surface area contributed by atoms with E-state index in [0.717, 1.165) is 12.2 Å². The largest absolute Gasteiger partial charge is 0.306 e. The van der Waals surface area contributed by atoms with Gasteiger partial charge in [0.05, 0.1) is 5.69 Å². The van der Waals surface area contributed by atoms with Gasteiger partial charge in [0.2, 0.25) is 0 Å². The summed E-state index contributed by atoms with van der Waals surface area (Å²) in [6, 6.07) is 0. The summed E-state index contributed by atoms with van der Waals surface area (Å²) in [5.74, 6) is 0.601. The molecule has 12 heavy (non-hydrogen) atoms. The number of likely N-dealkylation sites (N-methyl/N-ethyl adjacent to an activating group) is 1. The van der Waals surface area contributed by atoms with Crippen molar-refractivity contribution < 1.29 is 0 Å². The molecule has 0 amide bonds. The second-order valence-corrected chi connectivity index (χ2v) is 3.38. The van der Waals surface area contributed by atoms with E-state index in [-0.39, 0.29) is 0 Å². The SMILES string of the molecule is CN1CCC(c2cnccn2)C1. The van der Waals surface area contributed by atoms with Crippen LogP contribution in [0.3, 0.4) is 0 Å². The van der Waals surface area contributed by atoms with Crippen LogP contribution in [0.4, 0.5) is 0 Å². The molecule has 1 aliphatic heterocycles. The zero-order chi connectivity index (χ0) is 8.39. The van der Waals surface area contributed by atoms with Crippen LogP contribution in [0.15, 0.2) is 18.6 Å².